The number of amides is 1. The SMILES string of the molecule is CC(=CC1CCN(C(=O)CN(C(C)C)C(C)C)CC1)c1ccccc1. The van der Waals surface area contributed by atoms with E-state index in [4.69, 9.17) is 0 Å². The number of carbonyl (C=O) groups is 1. The zero-order chi connectivity index (χ0) is 18.4. The predicted molar refractivity (Wildman–Crippen MR) is 106 cm³/mol. The molecule has 0 radical (unpaired) electrons. The van der Waals surface area contributed by atoms with Crippen molar-refractivity contribution in [2.75, 3.05) is 19.6 Å². The van der Waals surface area contributed by atoms with E-state index < -0.39 is 0 Å². The van der Waals surface area contributed by atoms with Gasteiger partial charge in [0.1, 0.15) is 0 Å². The average molecular weight is 343 g/mol. The van der Waals surface area contributed by atoms with Crippen molar-refractivity contribution < 1.29 is 4.79 Å². The van der Waals surface area contributed by atoms with Crippen LogP contribution in [0, 0.1) is 5.92 Å². The van der Waals surface area contributed by atoms with E-state index in [1.807, 2.05) is 0 Å². The number of piperidine rings is 1. The first-order chi connectivity index (χ1) is 11.9. The number of rotatable bonds is 6. The summed E-state index contributed by atoms with van der Waals surface area (Å²) in [7, 11) is 0. The van der Waals surface area contributed by atoms with Crippen LogP contribution in [0.5, 0.6) is 0 Å². The maximum absolute atomic E-state index is 12.6. The van der Waals surface area contributed by atoms with Crippen molar-refractivity contribution in [1.82, 2.24) is 9.80 Å². The minimum atomic E-state index is 0.282. The molecule has 3 nitrogen and oxygen atoms in total. The molecule has 0 saturated carbocycles. The summed E-state index contributed by atoms with van der Waals surface area (Å²) in [4.78, 5) is 17.0. The molecule has 0 aromatic heterocycles. The van der Waals surface area contributed by atoms with E-state index in [1.54, 1.807) is 0 Å². The highest BCUT2D eigenvalue weighted by atomic mass is 16.2. The summed E-state index contributed by atoms with van der Waals surface area (Å²) in [6, 6.07) is 11.4. The summed E-state index contributed by atoms with van der Waals surface area (Å²) in [6.07, 6.45) is 4.53. The topological polar surface area (TPSA) is 23.6 Å². The maximum Gasteiger partial charge on any atom is 0.236 e. The van der Waals surface area contributed by atoms with Crippen LogP contribution in [-0.4, -0.2) is 47.4 Å². The Labute approximate surface area is 153 Å². The van der Waals surface area contributed by atoms with E-state index in [0.717, 1.165) is 25.9 Å². The molecule has 0 unspecified atom stereocenters. The third-order valence-corrected chi connectivity index (χ3v) is 5.25. The molecule has 2 rings (SSSR count). The average Bonchev–Trinajstić information content (AvgIpc) is 2.60. The van der Waals surface area contributed by atoms with E-state index in [2.05, 4.69) is 80.8 Å². The molecule has 0 N–H and O–H groups in total. The minimum Gasteiger partial charge on any atom is -0.342 e. The van der Waals surface area contributed by atoms with Crippen LogP contribution in [0.4, 0.5) is 0 Å². The highest BCUT2D eigenvalue weighted by Crippen LogP contribution is 2.24. The number of hydrogen-bond acceptors (Lipinski definition) is 2. The number of allylic oxidation sites excluding steroid dienone is 2. The Morgan fingerprint density at radius 1 is 1.12 bits per heavy atom. The second-order valence-electron chi connectivity index (χ2n) is 7.79. The van der Waals surface area contributed by atoms with Crippen LogP contribution in [-0.2, 0) is 4.79 Å². The van der Waals surface area contributed by atoms with E-state index in [1.165, 1.54) is 11.1 Å². The minimum absolute atomic E-state index is 0.282. The van der Waals surface area contributed by atoms with E-state index in [0.29, 0.717) is 24.5 Å². The smallest absolute Gasteiger partial charge is 0.236 e. The number of carbonyl (C=O) groups excluding carboxylic acids is 1. The van der Waals surface area contributed by atoms with Crippen LogP contribution >= 0.6 is 0 Å². The summed E-state index contributed by atoms with van der Waals surface area (Å²) in [6.45, 7) is 13.1. The Morgan fingerprint density at radius 3 is 2.20 bits per heavy atom. The fourth-order valence-corrected chi connectivity index (χ4v) is 3.68. The van der Waals surface area contributed by atoms with Crippen molar-refractivity contribution in [2.45, 2.75) is 59.5 Å². The fraction of sp³-hybridized carbons (Fsp3) is 0.591. The van der Waals surface area contributed by atoms with Crippen LogP contribution in [0.2, 0.25) is 0 Å². The van der Waals surface area contributed by atoms with Crippen molar-refractivity contribution in [3.05, 3.63) is 42.0 Å². The Morgan fingerprint density at radius 2 is 1.68 bits per heavy atom. The van der Waals surface area contributed by atoms with E-state index in [-0.39, 0.29) is 5.91 Å². The molecule has 0 bridgehead atoms. The Kier molecular flexibility index (Phi) is 7.24. The molecule has 1 fully saturated rings. The lowest BCUT2D eigenvalue weighted by atomic mass is 9.92. The van der Waals surface area contributed by atoms with Crippen molar-refractivity contribution >= 4 is 11.5 Å². The van der Waals surface area contributed by atoms with Gasteiger partial charge in [-0.1, -0.05) is 36.4 Å². The van der Waals surface area contributed by atoms with Crippen LogP contribution < -0.4 is 0 Å². The lowest BCUT2D eigenvalue weighted by molar-refractivity contribution is -0.134. The van der Waals surface area contributed by atoms with Gasteiger partial charge in [-0.3, -0.25) is 9.69 Å². The van der Waals surface area contributed by atoms with Gasteiger partial charge in [-0.2, -0.15) is 0 Å². The molecule has 0 spiro atoms. The third-order valence-electron chi connectivity index (χ3n) is 5.25. The Bertz CT molecular complexity index is 561. The molecule has 1 aliphatic rings. The highest BCUT2D eigenvalue weighted by Gasteiger charge is 2.25. The summed E-state index contributed by atoms with van der Waals surface area (Å²) < 4.78 is 0. The Balaban J connectivity index is 1.88. The van der Waals surface area contributed by atoms with Crippen LogP contribution in [0.1, 0.15) is 53.0 Å². The van der Waals surface area contributed by atoms with Crippen molar-refractivity contribution in [3.63, 3.8) is 0 Å². The molecule has 1 aromatic rings. The highest BCUT2D eigenvalue weighted by molar-refractivity contribution is 5.78. The zero-order valence-corrected chi connectivity index (χ0v) is 16.5. The normalized spacial score (nSPS) is 17.0. The maximum atomic E-state index is 12.6. The molecule has 0 aliphatic carbocycles. The summed E-state index contributed by atoms with van der Waals surface area (Å²) in [5.74, 6) is 0.861. The molecular weight excluding hydrogens is 308 g/mol. The second kappa shape index (κ2) is 9.19. The molecule has 1 aromatic carbocycles. The van der Waals surface area contributed by atoms with Gasteiger partial charge in [0.2, 0.25) is 5.91 Å². The van der Waals surface area contributed by atoms with Crippen molar-refractivity contribution in [3.8, 4) is 0 Å². The van der Waals surface area contributed by atoms with Crippen LogP contribution in [0.25, 0.3) is 5.57 Å². The van der Waals surface area contributed by atoms with Gasteiger partial charge in [-0.05, 0) is 64.5 Å². The first-order valence-electron chi connectivity index (χ1n) is 9.65. The molecule has 1 saturated heterocycles. The molecule has 25 heavy (non-hydrogen) atoms. The summed E-state index contributed by atoms with van der Waals surface area (Å²) in [5.41, 5.74) is 2.64. The standard InChI is InChI=1S/C22H34N2O/c1-17(2)24(18(3)4)16-22(25)23-13-11-20(12-14-23)15-19(5)21-9-7-6-8-10-21/h6-10,15,17-18,20H,11-14,16H2,1-5H3. The molecule has 1 amide bonds. The van der Waals surface area contributed by atoms with Gasteiger partial charge < -0.3 is 4.90 Å². The van der Waals surface area contributed by atoms with E-state index >= 15 is 0 Å². The predicted octanol–water partition coefficient (Wildman–Crippen LogP) is 4.45. The largest absolute Gasteiger partial charge is 0.342 e. The van der Waals surface area contributed by atoms with Crippen molar-refractivity contribution in [1.29, 1.82) is 0 Å². The van der Waals surface area contributed by atoms with Gasteiger partial charge in [0.25, 0.3) is 0 Å². The van der Waals surface area contributed by atoms with Gasteiger partial charge in [0, 0.05) is 25.2 Å². The number of likely N-dealkylation sites (tertiary alicyclic amines) is 1. The molecule has 1 aliphatic heterocycles. The molecular formula is C22H34N2O. The second-order valence-corrected chi connectivity index (χ2v) is 7.79. The number of hydrogen-bond donors (Lipinski definition) is 0. The van der Waals surface area contributed by atoms with Crippen LogP contribution in [0.3, 0.4) is 0 Å². The lowest BCUT2D eigenvalue weighted by Crippen LogP contribution is -2.47. The Hall–Kier alpha value is -1.61. The van der Waals surface area contributed by atoms with Crippen molar-refractivity contribution in [2.24, 2.45) is 5.92 Å². The first kappa shape index (κ1) is 19.7. The molecule has 138 valence electrons. The summed E-state index contributed by atoms with van der Waals surface area (Å²) >= 11 is 0. The van der Waals surface area contributed by atoms with E-state index in [9.17, 15) is 4.79 Å². The molecule has 3 heteroatoms. The monoisotopic (exact) mass is 342 g/mol. The summed E-state index contributed by atoms with van der Waals surface area (Å²) in [5, 5.41) is 0. The number of nitrogens with zero attached hydrogens (tertiary/aromatic N) is 2. The lowest BCUT2D eigenvalue weighted by Gasteiger charge is -2.35. The third kappa shape index (κ3) is 5.71. The van der Waals surface area contributed by atoms with Gasteiger partial charge in [-0.15, -0.1) is 0 Å². The van der Waals surface area contributed by atoms with Gasteiger partial charge in [-0.25, -0.2) is 0 Å². The molecule has 0 atom stereocenters. The zero-order valence-electron chi connectivity index (χ0n) is 16.5. The quantitative estimate of drug-likeness (QED) is 0.762. The van der Waals surface area contributed by atoms with Gasteiger partial charge in [0.15, 0.2) is 0 Å². The number of benzene rings is 1. The fourth-order valence-electron chi connectivity index (χ4n) is 3.68. The van der Waals surface area contributed by atoms with Gasteiger partial charge in [0.05, 0.1) is 6.54 Å². The van der Waals surface area contributed by atoms with Crippen LogP contribution in [0.15, 0.2) is 36.4 Å². The molecule has 1 heterocycles. The van der Waals surface area contributed by atoms with Gasteiger partial charge >= 0.3 is 0 Å². The first-order valence-corrected chi connectivity index (χ1v) is 9.65.